The molecule has 1 aromatic heterocycles. The molecule has 0 spiro atoms. The van der Waals surface area contributed by atoms with Crippen LogP contribution in [0.1, 0.15) is 41.3 Å². The fourth-order valence-electron chi connectivity index (χ4n) is 5.76. The van der Waals surface area contributed by atoms with E-state index in [-0.39, 0.29) is 54.5 Å². The number of alkyl halides is 3. The quantitative estimate of drug-likeness (QED) is 0.119. The number of fused-ring (bicyclic) bond motifs is 1. The van der Waals surface area contributed by atoms with Gasteiger partial charge in [0.1, 0.15) is 6.10 Å². The van der Waals surface area contributed by atoms with Gasteiger partial charge in [0.05, 0.1) is 29.7 Å². The van der Waals surface area contributed by atoms with Gasteiger partial charge in [0.15, 0.2) is 11.5 Å². The Morgan fingerprint density at radius 3 is 2.39 bits per heavy atom. The number of rotatable bonds is 11. The molecule has 5 rings (SSSR count). The van der Waals surface area contributed by atoms with Gasteiger partial charge in [-0.15, -0.1) is 0 Å². The lowest BCUT2D eigenvalue weighted by atomic mass is 9.91. The highest BCUT2D eigenvalue weighted by Gasteiger charge is 2.57. The normalized spacial score (nSPS) is 15.8. The number of methoxy groups -OCH3 is 1. The zero-order valence-corrected chi connectivity index (χ0v) is 25.3. The van der Waals surface area contributed by atoms with Crippen molar-refractivity contribution >= 4 is 22.6 Å². The third-order valence-electron chi connectivity index (χ3n) is 8.14. The van der Waals surface area contributed by atoms with E-state index in [9.17, 15) is 33.2 Å². The summed E-state index contributed by atoms with van der Waals surface area (Å²) in [6, 6.07) is 17.3. The number of likely N-dealkylation sites (tertiary alicyclic amines) is 1. The average molecular weight is 642 g/mol. The first-order valence-corrected chi connectivity index (χ1v) is 14.8. The minimum Gasteiger partial charge on any atom is -0.493 e. The molecule has 1 N–H and O–H groups in total. The highest BCUT2D eigenvalue weighted by Crippen LogP contribution is 2.44. The van der Waals surface area contributed by atoms with Gasteiger partial charge in [-0.1, -0.05) is 30.3 Å². The summed E-state index contributed by atoms with van der Waals surface area (Å²) in [5.74, 6) is 0.215. The number of nitro benzene ring substituents is 1. The lowest BCUT2D eigenvalue weighted by Gasteiger charge is -2.39. The number of nitrogens with zero attached hydrogens (tertiary/aromatic N) is 3. The Kier molecular flexibility index (Phi) is 9.54. The van der Waals surface area contributed by atoms with Crippen molar-refractivity contribution < 1.29 is 42.2 Å². The van der Waals surface area contributed by atoms with Crippen LogP contribution in [0.3, 0.4) is 0 Å². The molecule has 0 radical (unpaired) electrons. The molecule has 1 aliphatic heterocycles. The number of carbonyl (C=O) groups is 1. The standard InChI is InChI=1S/C33H34F3N3O7/c1-3-45-31(40)23-9-12-29(30(17-23)44-2)46-25-13-15-37(16-14-25)21-32(41,33(34,35)36)27-20-38(19-22-7-5-4-6-8-22)28-18-24(39(42)43)10-11-26(27)28/h4-12,17-18,20,25,41H,3,13-16,19,21H2,1-2H3. The van der Waals surface area contributed by atoms with Gasteiger partial charge in [0.25, 0.3) is 5.69 Å². The number of carbonyl (C=O) groups excluding carboxylic acids is 1. The Morgan fingerprint density at radius 1 is 1.04 bits per heavy atom. The second-order valence-corrected chi connectivity index (χ2v) is 11.2. The largest absolute Gasteiger partial charge is 0.493 e. The summed E-state index contributed by atoms with van der Waals surface area (Å²) in [7, 11) is 1.44. The van der Waals surface area contributed by atoms with E-state index < -0.39 is 29.2 Å². The number of esters is 1. The number of nitro groups is 1. The zero-order valence-electron chi connectivity index (χ0n) is 25.3. The van der Waals surface area contributed by atoms with Gasteiger partial charge in [0.2, 0.25) is 5.60 Å². The maximum atomic E-state index is 14.8. The van der Waals surface area contributed by atoms with E-state index >= 15 is 0 Å². The van der Waals surface area contributed by atoms with Crippen LogP contribution >= 0.6 is 0 Å². The number of hydrogen-bond acceptors (Lipinski definition) is 8. The van der Waals surface area contributed by atoms with E-state index in [2.05, 4.69) is 0 Å². The van der Waals surface area contributed by atoms with Gasteiger partial charge in [-0.05, 0) is 49.6 Å². The average Bonchev–Trinajstić information content (AvgIpc) is 3.40. The second-order valence-electron chi connectivity index (χ2n) is 11.2. The van der Waals surface area contributed by atoms with Gasteiger partial charge >= 0.3 is 12.1 Å². The van der Waals surface area contributed by atoms with Crippen LogP contribution in [0.2, 0.25) is 0 Å². The highest BCUT2D eigenvalue weighted by molar-refractivity contribution is 5.90. The van der Waals surface area contributed by atoms with Crippen molar-refractivity contribution in [2.24, 2.45) is 0 Å². The molecule has 10 nitrogen and oxygen atoms in total. The molecule has 1 unspecified atom stereocenters. The van der Waals surface area contributed by atoms with Gasteiger partial charge in [0, 0.05) is 55.5 Å². The third-order valence-corrected chi connectivity index (χ3v) is 8.14. The summed E-state index contributed by atoms with van der Waals surface area (Å²) in [5.41, 5.74) is -2.61. The number of aliphatic hydroxyl groups is 1. The topological polar surface area (TPSA) is 116 Å². The number of hydrogen-bond donors (Lipinski definition) is 1. The molecule has 0 saturated carbocycles. The molecule has 1 fully saturated rings. The van der Waals surface area contributed by atoms with E-state index in [4.69, 9.17) is 14.2 Å². The maximum Gasteiger partial charge on any atom is 0.422 e. The van der Waals surface area contributed by atoms with Gasteiger partial charge in [-0.3, -0.25) is 15.0 Å². The van der Waals surface area contributed by atoms with E-state index in [1.54, 1.807) is 48.2 Å². The zero-order chi connectivity index (χ0) is 33.1. The summed E-state index contributed by atoms with van der Waals surface area (Å²) in [6.45, 7) is 1.76. The highest BCUT2D eigenvalue weighted by atomic mass is 19.4. The van der Waals surface area contributed by atoms with E-state index in [0.29, 0.717) is 29.9 Å². The van der Waals surface area contributed by atoms with Gasteiger partial charge < -0.3 is 23.9 Å². The molecule has 4 aromatic rings. The molecule has 46 heavy (non-hydrogen) atoms. The third kappa shape index (κ3) is 6.80. The molecule has 1 aliphatic rings. The van der Waals surface area contributed by atoms with Crippen LogP contribution in [0.25, 0.3) is 10.9 Å². The number of non-ortho nitro benzene ring substituents is 1. The molecular weight excluding hydrogens is 607 g/mol. The van der Waals surface area contributed by atoms with E-state index in [1.807, 2.05) is 6.07 Å². The van der Waals surface area contributed by atoms with Gasteiger partial charge in [-0.25, -0.2) is 4.79 Å². The SMILES string of the molecule is CCOC(=O)c1ccc(OC2CCN(CC(O)(c3cn(Cc4ccccc4)c4cc([N+](=O)[O-])ccc34)C(F)(F)F)CC2)c(OC)c1. The lowest BCUT2D eigenvalue weighted by molar-refractivity contribution is -0.384. The molecule has 0 bridgehead atoms. The first kappa shape index (κ1) is 32.8. The molecule has 2 heterocycles. The number of aromatic nitrogens is 1. The van der Waals surface area contributed by atoms with Crippen LogP contribution < -0.4 is 9.47 Å². The predicted molar refractivity (Wildman–Crippen MR) is 163 cm³/mol. The number of piperidine rings is 1. The van der Waals surface area contributed by atoms with Crippen molar-refractivity contribution in [2.45, 2.75) is 44.2 Å². The lowest BCUT2D eigenvalue weighted by Crippen LogP contribution is -2.53. The van der Waals surface area contributed by atoms with Crippen molar-refractivity contribution in [2.75, 3.05) is 33.4 Å². The minimum absolute atomic E-state index is 0.0814. The number of benzene rings is 3. The number of ether oxygens (including phenoxy) is 3. The Hall–Kier alpha value is -4.62. The van der Waals surface area contributed by atoms with E-state index in [1.165, 1.54) is 36.1 Å². The minimum atomic E-state index is -5.05. The Labute approximate surface area is 263 Å². The fourth-order valence-corrected chi connectivity index (χ4v) is 5.76. The van der Waals surface area contributed by atoms with Crippen LogP contribution in [0.15, 0.2) is 72.9 Å². The van der Waals surface area contributed by atoms with Crippen molar-refractivity contribution in [1.29, 1.82) is 0 Å². The molecule has 244 valence electrons. The molecular formula is C33H34F3N3O7. The summed E-state index contributed by atoms with van der Waals surface area (Å²) in [4.78, 5) is 24.5. The molecule has 1 saturated heterocycles. The van der Waals surface area contributed by atoms with Crippen LogP contribution in [0, 0.1) is 10.1 Å². The first-order valence-electron chi connectivity index (χ1n) is 14.8. The molecule has 0 aliphatic carbocycles. The number of halogens is 3. The summed E-state index contributed by atoms with van der Waals surface area (Å²) < 4.78 is 62.5. The molecule has 1 atom stereocenters. The Balaban J connectivity index is 1.37. The molecule has 13 heteroatoms. The summed E-state index contributed by atoms with van der Waals surface area (Å²) in [6.07, 6.45) is -3.40. The first-order chi connectivity index (χ1) is 21.9. The van der Waals surface area contributed by atoms with Crippen LogP contribution in [-0.4, -0.2) is 71.1 Å². The predicted octanol–water partition coefficient (Wildman–Crippen LogP) is 6.08. The smallest absolute Gasteiger partial charge is 0.422 e. The fraction of sp³-hybridized carbons (Fsp3) is 0.364. The van der Waals surface area contributed by atoms with Crippen molar-refractivity contribution in [3.63, 3.8) is 0 Å². The summed E-state index contributed by atoms with van der Waals surface area (Å²) >= 11 is 0. The number of β-amino-alcohol motifs (C(OH)–C–C–N with tert-alkyl or cyclic N) is 1. The van der Waals surface area contributed by atoms with Crippen LogP contribution in [-0.2, 0) is 16.9 Å². The Bertz CT molecular complexity index is 1700. The van der Waals surface area contributed by atoms with Crippen molar-refractivity contribution in [3.05, 3.63) is 99.7 Å². The molecule has 0 amide bonds. The Morgan fingerprint density at radius 2 is 1.76 bits per heavy atom. The monoisotopic (exact) mass is 641 g/mol. The molecule has 3 aromatic carbocycles. The summed E-state index contributed by atoms with van der Waals surface area (Å²) in [5, 5.41) is 23.1. The van der Waals surface area contributed by atoms with Crippen LogP contribution in [0.4, 0.5) is 18.9 Å². The van der Waals surface area contributed by atoms with Crippen molar-refractivity contribution in [1.82, 2.24) is 9.47 Å². The van der Waals surface area contributed by atoms with Gasteiger partial charge in [-0.2, -0.15) is 13.2 Å². The van der Waals surface area contributed by atoms with E-state index in [0.717, 1.165) is 11.6 Å². The van der Waals surface area contributed by atoms with Crippen LogP contribution in [0.5, 0.6) is 11.5 Å². The maximum absolute atomic E-state index is 14.8. The second kappa shape index (κ2) is 13.4. The van der Waals surface area contributed by atoms with Crippen molar-refractivity contribution in [3.8, 4) is 11.5 Å².